The first-order valence-electron chi connectivity index (χ1n) is 6.23. The van der Waals surface area contributed by atoms with Crippen molar-refractivity contribution in [2.24, 2.45) is 11.7 Å². The number of alkyl halides is 3. The highest BCUT2D eigenvalue weighted by Crippen LogP contribution is 2.46. The van der Waals surface area contributed by atoms with Crippen LogP contribution < -0.4 is 5.73 Å². The minimum atomic E-state index is -4.16. The van der Waals surface area contributed by atoms with Crippen LogP contribution in [0.3, 0.4) is 0 Å². The van der Waals surface area contributed by atoms with Crippen LogP contribution in [-0.2, 0) is 6.42 Å². The number of halogens is 3. The van der Waals surface area contributed by atoms with Crippen molar-refractivity contribution < 1.29 is 17.6 Å². The second kappa shape index (κ2) is 5.30. The molecule has 2 unspecified atom stereocenters. The Kier molecular flexibility index (Phi) is 3.94. The molecule has 0 aromatic carbocycles. The summed E-state index contributed by atoms with van der Waals surface area (Å²) in [7, 11) is 0. The topological polar surface area (TPSA) is 52.0 Å². The Labute approximate surface area is 104 Å². The Morgan fingerprint density at radius 3 is 2.72 bits per heavy atom. The van der Waals surface area contributed by atoms with Crippen LogP contribution in [-0.4, -0.2) is 17.7 Å². The second-order valence-corrected chi connectivity index (χ2v) is 4.73. The SMILES string of the molecule is NCCc1ncc(C2CCCCC2C(F)(F)F)o1. The van der Waals surface area contributed by atoms with E-state index in [1.165, 1.54) is 6.20 Å². The van der Waals surface area contributed by atoms with Crippen LogP contribution in [0.4, 0.5) is 13.2 Å². The van der Waals surface area contributed by atoms with Crippen molar-refractivity contribution in [1.29, 1.82) is 0 Å². The minimum Gasteiger partial charge on any atom is -0.445 e. The molecule has 102 valence electrons. The summed E-state index contributed by atoms with van der Waals surface area (Å²) in [6.07, 6.45) is -0.133. The van der Waals surface area contributed by atoms with Gasteiger partial charge in [-0.2, -0.15) is 13.2 Å². The molecule has 1 aliphatic carbocycles. The molecular weight excluding hydrogens is 245 g/mol. The zero-order valence-electron chi connectivity index (χ0n) is 10.0. The predicted molar refractivity (Wildman–Crippen MR) is 60.0 cm³/mol. The van der Waals surface area contributed by atoms with Crippen molar-refractivity contribution in [2.75, 3.05) is 6.54 Å². The number of hydrogen-bond acceptors (Lipinski definition) is 3. The Balaban J connectivity index is 2.17. The zero-order chi connectivity index (χ0) is 13.2. The molecule has 0 bridgehead atoms. The van der Waals surface area contributed by atoms with Gasteiger partial charge in [-0.25, -0.2) is 4.98 Å². The first-order chi connectivity index (χ1) is 8.52. The van der Waals surface area contributed by atoms with Crippen LogP contribution in [0, 0.1) is 5.92 Å². The van der Waals surface area contributed by atoms with Gasteiger partial charge in [-0.1, -0.05) is 12.8 Å². The lowest BCUT2D eigenvalue weighted by Gasteiger charge is -2.31. The highest BCUT2D eigenvalue weighted by molar-refractivity contribution is 5.07. The van der Waals surface area contributed by atoms with Gasteiger partial charge in [-0.3, -0.25) is 0 Å². The fraction of sp³-hybridized carbons (Fsp3) is 0.750. The average Bonchev–Trinajstić information content (AvgIpc) is 2.77. The molecular formula is C12H17F3N2O. The third-order valence-electron chi connectivity index (χ3n) is 3.48. The molecule has 6 heteroatoms. The molecule has 0 saturated heterocycles. The molecule has 2 N–H and O–H groups in total. The van der Waals surface area contributed by atoms with Crippen molar-refractivity contribution in [3.8, 4) is 0 Å². The van der Waals surface area contributed by atoms with Crippen LogP contribution in [0.1, 0.15) is 43.3 Å². The molecule has 1 heterocycles. The van der Waals surface area contributed by atoms with Crippen molar-refractivity contribution in [3.63, 3.8) is 0 Å². The number of nitrogens with zero attached hydrogens (tertiary/aromatic N) is 1. The fourth-order valence-corrected chi connectivity index (χ4v) is 2.60. The number of nitrogens with two attached hydrogens (primary N) is 1. The Bertz CT molecular complexity index is 389. The first kappa shape index (κ1) is 13.4. The summed E-state index contributed by atoms with van der Waals surface area (Å²) in [6.45, 7) is 0.382. The standard InChI is InChI=1S/C12H17F3N2O/c13-12(14,15)9-4-2-1-3-8(9)10-7-17-11(18-10)5-6-16/h7-9H,1-6,16H2. The van der Waals surface area contributed by atoms with Gasteiger partial charge in [0.15, 0.2) is 5.89 Å². The third-order valence-corrected chi connectivity index (χ3v) is 3.48. The van der Waals surface area contributed by atoms with E-state index in [2.05, 4.69) is 4.98 Å². The summed E-state index contributed by atoms with van der Waals surface area (Å²) in [6, 6.07) is 0. The molecule has 1 fully saturated rings. The second-order valence-electron chi connectivity index (χ2n) is 4.73. The molecule has 2 atom stereocenters. The molecule has 1 aromatic heterocycles. The van der Waals surface area contributed by atoms with Crippen molar-refractivity contribution in [1.82, 2.24) is 4.98 Å². The maximum atomic E-state index is 12.9. The van der Waals surface area contributed by atoms with Crippen LogP contribution in [0.15, 0.2) is 10.6 Å². The van der Waals surface area contributed by atoms with Crippen molar-refractivity contribution in [2.45, 2.75) is 44.2 Å². The summed E-state index contributed by atoms with van der Waals surface area (Å²) in [4.78, 5) is 3.98. The quantitative estimate of drug-likeness (QED) is 0.911. The van der Waals surface area contributed by atoms with Gasteiger partial charge in [-0.15, -0.1) is 0 Å². The predicted octanol–water partition coefficient (Wildman–Crippen LogP) is 3.01. The third kappa shape index (κ3) is 2.85. The maximum Gasteiger partial charge on any atom is 0.392 e. The molecule has 0 aliphatic heterocycles. The van der Waals surface area contributed by atoms with E-state index in [0.717, 1.165) is 6.42 Å². The van der Waals surface area contributed by atoms with Gasteiger partial charge in [0.05, 0.1) is 12.1 Å². The number of oxazole rings is 1. The summed E-state index contributed by atoms with van der Waals surface area (Å²) in [5, 5.41) is 0. The molecule has 1 saturated carbocycles. The summed E-state index contributed by atoms with van der Waals surface area (Å²) >= 11 is 0. The van der Waals surface area contributed by atoms with Gasteiger partial charge in [-0.05, 0) is 12.8 Å². The van der Waals surface area contributed by atoms with Crippen molar-refractivity contribution in [3.05, 3.63) is 17.8 Å². The zero-order valence-corrected chi connectivity index (χ0v) is 10.0. The van der Waals surface area contributed by atoms with Crippen LogP contribution in [0.25, 0.3) is 0 Å². The number of hydrogen-bond donors (Lipinski definition) is 1. The Morgan fingerprint density at radius 2 is 2.06 bits per heavy atom. The monoisotopic (exact) mass is 262 g/mol. The fourth-order valence-electron chi connectivity index (χ4n) is 2.60. The normalized spacial score (nSPS) is 25.3. The van der Waals surface area contributed by atoms with E-state index in [-0.39, 0.29) is 6.42 Å². The summed E-state index contributed by atoms with van der Waals surface area (Å²) < 4.78 is 44.2. The minimum absolute atomic E-state index is 0.182. The van der Waals surface area contributed by atoms with Crippen LogP contribution >= 0.6 is 0 Å². The lowest BCUT2D eigenvalue weighted by atomic mass is 9.77. The Morgan fingerprint density at radius 1 is 1.33 bits per heavy atom. The van der Waals surface area contributed by atoms with E-state index in [4.69, 9.17) is 10.2 Å². The van der Waals surface area contributed by atoms with Gasteiger partial charge in [0, 0.05) is 18.9 Å². The van der Waals surface area contributed by atoms with Crippen molar-refractivity contribution >= 4 is 0 Å². The van der Waals surface area contributed by atoms with Gasteiger partial charge >= 0.3 is 6.18 Å². The molecule has 0 radical (unpaired) electrons. The summed E-state index contributed by atoms with van der Waals surface area (Å²) in [5.74, 6) is -1.10. The van der Waals surface area contributed by atoms with E-state index in [1.54, 1.807) is 0 Å². The smallest absolute Gasteiger partial charge is 0.392 e. The highest BCUT2D eigenvalue weighted by atomic mass is 19.4. The van der Waals surface area contributed by atoms with E-state index < -0.39 is 18.0 Å². The number of aromatic nitrogens is 1. The lowest BCUT2D eigenvalue weighted by molar-refractivity contribution is -0.188. The largest absolute Gasteiger partial charge is 0.445 e. The molecule has 18 heavy (non-hydrogen) atoms. The summed E-state index contributed by atoms with van der Waals surface area (Å²) in [5.41, 5.74) is 5.36. The van der Waals surface area contributed by atoms with E-state index >= 15 is 0 Å². The van der Waals surface area contributed by atoms with Crippen LogP contribution in [0.5, 0.6) is 0 Å². The average molecular weight is 262 g/mol. The number of rotatable bonds is 3. The molecule has 1 aliphatic rings. The van der Waals surface area contributed by atoms with Gasteiger partial charge in [0.25, 0.3) is 0 Å². The van der Waals surface area contributed by atoms with E-state index in [1.807, 2.05) is 0 Å². The van der Waals surface area contributed by atoms with E-state index in [0.29, 0.717) is 37.5 Å². The Hall–Kier alpha value is -1.04. The lowest BCUT2D eigenvalue weighted by Crippen LogP contribution is -2.31. The molecule has 2 rings (SSSR count). The molecule has 1 aromatic rings. The maximum absolute atomic E-state index is 12.9. The molecule has 0 amide bonds. The van der Waals surface area contributed by atoms with Crippen LogP contribution in [0.2, 0.25) is 0 Å². The van der Waals surface area contributed by atoms with E-state index in [9.17, 15) is 13.2 Å². The van der Waals surface area contributed by atoms with Gasteiger partial charge in [0.2, 0.25) is 0 Å². The highest BCUT2D eigenvalue weighted by Gasteiger charge is 2.47. The van der Waals surface area contributed by atoms with Gasteiger partial charge < -0.3 is 10.2 Å². The first-order valence-corrected chi connectivity index (χ1v) is 6.23. The molecule has 3 nitrogen and oxygen atoms in total. The van der Waals surface area contributed by atoms with Gasteiger partial charge in [0.1, 0.15) is 5.76 Å². The molecule has 0 spiro atoms.